The summed E-state index contributed by atoms with van der Waals surface area (Å²) in [6, 6.07) is 14.6. The number of aromatic amines is 1. The topological polar surface area (TPSA) is 102 Å². The molecular weight excluding hydrogens is 452 g/mol. The van der Waals surface area contributed by atoms with Crippen LogP contribution in [0.5, 0.6) is 5.75 Å². The van der Waals surface area contributed by atoms with Crippen molar-refractivity contribution in [1.82, 2.24) is 20.0 Å². The van der Waals surface area contributed by atoms with Crippen LogP contribution >= 0.6 is 0 Å². The molecule has 186 valence electrons. The van der Waals surface area contributed by atoms with Gasteiger partial charge in [-0.25, -0.2) is 15.9 Å². The average Bonchev–Trinajstić information content (AvgIpc) is 3.40. The number of nitrogens with two attached hydrogens (primary N) is 1. The van der Waals surface area contributed by atoms with Crippen LogP contribution in [0.1, 0.15) is 49.4 Å². The summed E-state index contributed by atoms with van der Waals surface area (Å²) in [4.78, 5) is 18.1. The minimum atomic E-state index is -0.270. The average molecular weight is 485 g/mol. The van der Waals surface area contributed by atoms with Crippen LogP contribution < -0.4 is 10.6 Å². The molecule has 0 aliphatic carbocycles. The van der Waals surface area contributed by atoms with E-state index < -0.39 is 0 Å². The highest BCUT2D eigenvalue weighted by molar-refractivity contribution is 6.13. The van der Waals surface area contributed by atoms with Crippen LogP contribution in [-0.4, -0.2) is 52.0 Å². The van der Waals surface area contributed by atoms with Crippen LogP contribution in [0, 0.1) is 0 Å². The quantitative estimate of drug-likeness (QED) is 0.286. The van der Waals surface area contributed by atoms with Gasteiger partial charge < -0.3 is 14.6 Å². The van der Waals surface area contributed by atoms with Crippen molar-refractivity contribution in [3.8, 4) is 5.75 Å². The number of hydrazone groups is 1. The van der Waals surface area contributed by atoms with E-state index in [9.17, 15) is 0 Å². The van der Waals surface area contributed by atoms with E-state index in [1.165, 1.54) is 0 Å². The second kappa shape index (κ2) is 9.37. The minimum Gasteiger partial charge on any atom is -0.496 e. The van der Waals surface area contributed by atoms with Gasteiger partial charge in [0.15, 0.2) is 0 Å². The molecule has 4 unspecified atom stereocenters. The molecule has 2 aromatic heterocycles. The Morgan fingerprint density at radius 3 is 2.61 bits per heavy atom. The molecule has 0 radical (unpaired) electrons. The van der Waals surface area contributed by atoms with Gasteiger partial charge in [0, 0.05) is 34.8 Å². The van der Waals surface area contributed by atoms with Gasteiger partial charge in [0.05, 0.1) is 36.6 Å². The number of ether oxygens (including phenoxy) is 1. The first-order valence-electron chi connectivity index (χ1n) is 12.1. The first-order valence-corrected chi connectivity index (χ1v) is 12.1. The Hall–Kier alpha value is -3.75. The summed E-state index contributed by atoms with van der Waals surface area (Å²) >= 11 is 0. The van der Waals surface area contributed by atoms with Gasteiger partial charge in [-0.05, 0) is 38.5 Å². The number of fused-ring (bicyclic) bond motifs is 3. The third-order valence-electron chi connectivity index (χ3n) is 7.31. The smallest absolute Gasteiger partial charge is 0.142 e. The van der Waals surface area contributed by atoms with Crippen LogP contribution in [0.15, 0.2) is 66.0 Å². The SMILES string of the molecule is C=C(C)C(c1cc2[nH]c3ncnc(C4C(c5ccccc5)=NN(C)C4C)c3c2cc1OC)C(C)ON. The van der Waals surface area contributed by atoms with Gasteiger partial charge in [-0.2, -0.15) is 5.10 Å². The molecule has 4 atom stereocenters. The molecule has 8 nitrogen and oxygen atoms in total. The van der Waals surface area contributed by atoms with Crippen LogP contribution in [0.2, 0.25) is 0 Å². The number of benzene rings is 2. The van der Waals surface area contributed by atoms with E-state index in [2.05, 4.69) is 47.7 Å². The third-order valence-corrected chi connectivity index (χ3v) is 7.31. The molecule has 3 N–H and O–H groups in total. The van der Waals surface area contributed by atoms with Crippen molar-refractivity contribution in [2.45, 2.75) is 44.8 Å². The molecule has 0 bridgehead atoms. The Balaban J connectivity index is 1.73. The van der Waals surface area contributed by atoms with Crippen LogP contribution in [-0.2, 0) is 4.84 Å². The Kier molecular flexibility index (Phi) is 6.24. The van der Waals surface area contributed by atoms with Gasteiger partial charge in [-0.15, -0.1) is 0 Å². The molecule has 4 aromatic rings. The van der Waals surface area contributed by atoms with Crippen molar-refractivity contribution in [2.24, 2.45) is 11.0 Å². The number of hydrogen-bond donors (Lipinski definition) is 2. The minimum absolute atomic E-state index is 0.0265. The number of likely N-dealkylation sites (N-methyl/N-ethyl adjacent to an activating group) is 1. The molecule has 0 saturated carbocycles. The lowest BCUT2D eigenvalue weighted by molar-refractivity contribution is 0.0541. The first kappa shape index (κ1) is 24.0. The summed E-state index contributed by atoms with van der Waals surface area (Å²) in [5.41, 5.74) is 6.64. The summed E-state index contributed by atoms with van der Waals surface area (Å²) in [6.45, 7) is 10.3. The molecule has 36 heavy (non-hydrogen) atoms. The van der Waals surface area contributed by atoms with E-state index in [0.717, 1.165) is 55.8 Å². The zero-order valence-corrected chi connectivity index (χ0v) is 21.3. The number of methoxy groups -OCH3 is 1. The summed E-state index contributed by atoms with van der Waals surface area (Å²) in [5, 5.41) is 8.89. The number of H-pyrrole nitrogens is 1. The number of aromatic nitrogens is 3. The standard InChI is InChI=1S/C28H32N6O2/c1-15(2)23(17(4)36-29)20-12-21-19(13-22(20)35-6)25-27(30-14-31-28(25)32-21)24-16(3)34(5)33-26(24)18-10-8-7-9-11-18/h7-14,16-17,23-24H,1,29H2,2-6H3,(H,30,31,32). The highest BCUT2D eigenvalue weighted by Crippen LogP contribution is 2.42. The Labute approximate surface area is 210 Å². The first-order chi connectivity index (χ1) is 17.3. The molecule has 1 aliphatic rings. The zero-order valence-electron chi connectivity index (χ0n) is 21.3. The highest BCUT2D eigenvalue weighted by atomic mass is 16.6. The van der Waals surface area contributed by atoms with Gasteiger partial charge in [-0.3, -0.25) is 5.01 Å². The fourth-order valence-electron chi connectivity index (χ4n) is 5.42. The molecule has 2 aromatic carbocycles. The molecule has 1 aliphatic heterocycles. The Bertz CT molecular complexity index is 1460. The van der Waals surface area contributed by atoms with Crippen molar-refractivity contribution < 1.29 is 9.57 Å². The Morgan fingerprint density at radius 2 is 1.94 bits per heavy atom. The predicted molar refractivity (Wildman–Crippen MR) is 143 cm³/mol. The van der Waals surface area contributed by atoms with E-state index in [-0.39, 0.29) is 24.0 Å². The summed E-state index contributed by atoms with van der Waals surface area (Å²) in [7, 11) is 3.68. The van der Waals surface area contributed by atoms with Crippen LogP contribution in [0.25, 0.3) is 21.9 Å². The van der Waals surface area contributed by atoms with Gasteiger partial charge in [0.1, 0.15) is 17.7 Å². The summed E-state index contributed by atoms with van der Waals surface area (Å²) < 4.78 is 5.87. The van der Waals surface area contributed by atoms with Crippen LogP contribution in [0.4, 0.5) is 0 Å². The Morgan fingerprint density at radius 1 is 1.19 bits per heavy atom. The molecule has 0 saturated heterocycles. The van der Waals surface area contributed by atoms with Crippen molar-refractivity contribution >= 4 is 27.6 Å². The van der Waals surface area contributed by atoms with Crippen molar-refractivity contribution in [3.05, 3.63) is 77.8 Å². The maximum atomic E-state index is 5.87. The van der Waals surface area contributed by atoms with Gasteiger partial charge >= 0.3 is 0 Å². The monoisotopic (exact) mass is 484 g/mol. The molecule has 0 spiro atoms. The lowest BCUT2D eigenvalue weighted by Crippen LogP contribution is -2.27. The van der Waals surface area contributed by atoms with E-state index in [1.54, 1.807) is 13.4 Å². The molecular formula is C28H32N6O2. The van der Waals surface area contributed by atoms with Crippen LogP contribution in [0.3, 0.4) is 0 Å². The molecule has 3 heterocycles. The molecule has 0 amide bonds. The van der Waals surface area contributed by atoms with E-state index in [4.69, 9.17) is 25.6 Å². The van der Waals surface area contributed by atoms with E-state index in [1.807, 2.05) is 44.1 Å². The molecule has 5 rings (SSSR count). The van der Waals surface area contributed by atoms with E-state index >= 15 is 0 Å². The van der Waals surface area contributed by atoms with Gasteiger partial charge in [0.2, 0.25) is 0 Å². The lowest BCUT2D eigenvalue weighted by Gasteiger charge is -2.25. The van der Waals surface area contributed by atoms with E-state index in [0.29, 0.717) is 0 Å². The third kappa shape index (κ3) is 3.83. The maximum absolute atomic E-state index is 5.87. The second-order valence-corrected chi connectivity index (χ2v) is 9.56. The number of rotatable bonds is 7. The lowest BCUT2D eigenvalue weighted by atomic mass is 9.86. The highest BCUT2D eigenvalue weighted by Gasteiger charge is 2.37. The van der Waals surface area contributed by atoms with Crippen molar-refractivity contribution in [1.29, 1.82) is 0 Å². The normalized spacial score (nSPS) is 19.5. The number of nitrogens with one attached hydrogen (secondary N) is 1. The maximum Gasteiger partial charge on any atom is 0.142 e. The fourth-order valence-corrected chi connectivity index (χ4v) is 5.42. The number of nitrogens with zero attached hydrogens (tertiary/aromatic N) is 4. The van der Waals surface area contributed by atoms with Gasteiger partial charge in [0.25, 0.3) is 0 Å². The van der Waals surface area contributed by atoms with Crippen molar-refractivity contribution in [2.75, 3.05) is 14.2 Å². The fraction of sp³-hybridized carbons (Fsp3) is 0.321. The number of hydrogen-bond acceptors (Lipinski definition) is 7. The van der Waals surface area contributed by atoms with Crippen molar-refractivity contribution in [3.63, 3.8) is 0 Å². The molecule has 8 heteroatoms. The predicted octanol–water partition coefficient (Wildman–Crippen LogP) is 4.88. The van der Waals surface area contributed by atoms with Gasteiger partial charge in [-0.1, -0.05) is 42.5 Å². The second-order valence-electron chi connectivity index (χ2n) is 9.56. The summed E-state index contributed by atoms with van der Waals surface area (Å²) in [5.74, 6) is 6.15. The molecule has 0 fully saturated rings. The summed E-state index contributed by atoms with van der Waals surface area (Å²) in [6.07, 6.45) is 1.35. The zero-order chi connectivity index (χ0) is 25.6. The largest absolute Gasteiger partial charge is 0.496 e.